The topological polar surface area (TPSA) is 44.9 Å². The molecule has 0 atom stereocenters. The molecule has 5 heterocycles. The summed E-state index contributed by atoms with van der Waals surface area (Å²) in [5.41, 5.74) is 8.36. The Morgan fingerprint density at radius 1 is 0.480 bits per heavy atom. The molecule has 0 bridgehead atoms. The molecule has 50 heavy (non-hydrogen) atoms. The van der Waals surface area contributed by atoms with Gasteiger partial charge >= 0.3 is 0 Å². The smallest absolute Gasteiger partial charge is 0.235 e. The van der Waals surface area contributed by atoms with Gasteiger partial charge in [0.25, 0.3) is 0 Å². The number of para-hydroxylation sites is 3. The zero-order valence-corrected chi connectivity index (χ0v) is 27.3. The van der Waals surface area contributed by atoms with Gasteiger partial charge < -0.3 is 9.30 Å². The number of fused-ring (bicyclic) bond motifs is 13. The van der Waals surface area contributed by atoms with Crippen LogP contribution in [0, 0.1) is 0 Å². The van der Waals surface area contributed by atoms with E-state index in [0.717, 1.165) is 55.8 Å². The van der Waals surface area contributed by atoms with Crippen LogP contribution in [0.15, 0.2) is 146 Å². The minimum absolute atomic E-state index is 0.640. The van der Waals surface area contributed by atoms with Gasteiger partial charge in [-0.25, -0.2) is 9.97 Å². The van der Waals surface area contributed by atoms with Gasteiger partial charge in [-0.3, -0.25) is 4.57 Å². The van der Waals surface area contributed by atoms with E-state index in [4.69, 9.17) is 14.7 Å². The van der Waals surface area contributed by atoms with Gasteiger partial charge in [0.2, 0.25) is 5.95 Å². The molecule has 0 saturated heterocycles. The van der Waals surface area contributed by atoms with Crippen molar-refractivity contribution in [1.82, 2.24) is 19.1 Å². The summed E-state index contributed by atoms with van der Waals surface area (Å²) < 4.78 is 13.6. The molecular formula is C44H24N4OS. The Hall–Kier alpha value is -6.50. The van der Waals surface area contributed by atoms with Crippen LogP contribution >= 0.6 is 11.3 Å². The molecule has 1 aliphatic rings. The molecule has 0 radical (unpaired) electrons. The van der Waals surface area contributed by atoms with Crippen LogP contribution in [0.25, 0.3) is 97.6 Å². The van der Waals surface area contributed by atoms with Gasteiger partial charge in [0.05, 0.1) is 38.7 Å². The van der Waals surface area contributed by atoms with Crippen LogP contribution in [0.1, 0.15) is 0 Å². The average molecular weight is 657 g/mol. The molecule has 0 spiro atoms. The summed E-state index contributed by atoms with van der Waals surface area (Å²) in [6, 6.07) is 51.6. The highest BCUT2D eigenvalue weighted by molar-refractivity contribution is 7.26. The molecule has 0 amide bonds. The third kappa shape index (κ3) is 3.35. The minimum atomic E-state index is 0.640. The van der Waals surface area contributed by atoms with Gasteiger partial charge in [0, 0.05) is 53.0 Å². The summed E-state index contributed by atoms with van der Waals surface area (Å²) in [4.78, 5) is 10.6. The summed E-state index contributed by atoms with van der Waals surface area (Å²) in [5.74, 6) is 2.23. The second-order valence-corrected chi connectivity index (χ2v) is 14.0. The third-order valence-corrected chi connectivity index (χ3v) is 11.5. The Morgan fingerprint density at radius 3 is 2.14 bits per heavy atom. The van der Waals surface area contributed by atoms with Crippen molar-refractivity contribution in [2.75, 3.05) is 0 Å². The molecule has 5 nitrogen and oxygen atoms in total. The molecule has 12 rings (SSSR count). The highest BCUT2D eigenvalue weighted by atomic mass is 32.1. The van der Waals surface area contributed by atoms with Crippen LogP contribution in [0.5, 0.6) is 11.5 Å². The first-order valence-corrected chi connectivity index (χ1v) is 17.6. The van der Waals surface area contributed by atoms with Crippen LogP contribution in [-0.4, -0.2) is 19.1 Å². The van der Waals surface area contributed by atoms with E-state index in [9.17, 15) is 0 Å². The van der Waals surface area contributed by atoms with Crippen molar-refractivity contribution < 1.29 is 4.74 Å². The van der Waals surface area contributed by atoms with E-state index in [1.165, 1.54) is 47.4 Å². The van der Waals surface area contributed by atoms with Gasteiger partial charge in [-0.1, -0.05) is 84.9 Å². The van der Waals surface area contributed by atoms with Crippen molar-refractivity contribution in [3.05, 3.63) is 146 Å². The minimum Gasteiger partial charge on any atom is -0.456 e. The number of hydrogen-bond donors (Lipinski definition) is 0. The molecule has 0 N–H and O–H groups in total. The van der Waals surface area contributed by atoms with E-state index in [2.05, 4.69) is 124 Å². The molecule has 11 aromatic rings. The van der Waals surface area contributed by atoms with Gasteiger partial charge in [0.15, 0.2) is 0 Å². The van der Waals surface area contributed by atoms with Crippen molar-refractivity contribution >= 4 is 86.0 Å². The van der Waals surface area contributed by atoms with E-state index in [-0.39, 0.29) is 0 Å². The standard InChI is InChI=1S/C44H24N4OS/c1-2-11-25(12-3-1)47-34-23-21-27-26-13-6-9-20-37(26)50-43(27)39(34)30-22-24-33-38(42(30)47)28-14-4-7-17-32(28)48(33)44-45-31-16-10-19-36-40(31)41(46-44)29-15-5-8-18-35(29)49-36/h1-24H. The van der Waals surface area contributed by atoms with E-state index in [1.807, 2.05) is 41.7 Å². The molecule has 0 fully saturated rings. The van der Waals surface area contributed by atoms with Crippen LogP contribution in [0.2, 0.25) is 0 Å². The fourth-order valence-corrected chi connectivity index (χ4v) is 9.53. The summed E-state index contributed by atoms with van der Waals surface area (Å²) in [5, 5.41) is 8.42. The highest BCUT2D eigenvalue weighted by Crippen LogP contribution is 2.48. The molecule has 232 valence electrons. The summed E-state index contributed by atoms with van der Waals surface area (Å²) in [6.07, 6.45) is 0. The molecular weight excluding hydrogens is 633 g/mol. The van der Waals surface area contributed by atoms with Crippen LogP contribution in [0.4, 0.5) is 0 Å². The lowest BCUT2D eigenvalue weighted by atomic mass is 10.0. The Balaban J connectivity index is 1.26. The van der Waals surface area contributed by atoms with Crippen molar-refractivity contribution in [2.24, 2.45) is 0 Å². The van der Waals surface area contributed by atoms with Gasteiger partial charge in [-0.2, -0.15) is 0 Å². The fraction of sp³-hybridized carbons (Fsp3) is 0. The van der Waals surface area contributed by atoms with Crippen LogP contribution in [-0.2, 0) is 0 Å². The monoisotopic (exact) mass is 656 g/mol. The van der Waals surface area contributed by atoms with Crippen molar-refractivity contribution in [2.45, 2.75) is 0 Å². The lowest BCUT2D eigenvalue weighted by molar-refractivity contribution is 0.486. The Morgan fingerprint density at radius 2 is 1.22 bits per heavy atom. The van der Waals surface area contributed by atoms with Gasteiger partial charge in [-0.15, -0.1) is 11.3 Å². The van der Waals surface area contributed by atoms with E-state index in [1.54, 1.807) is 0 Å². The van der Waals surface area contributed by atoms with Crippen LogP contribution in [0.3, 0.4) is 0 Å². The number of nitrogens with zero attached hydrogens (tertiary/aromatic N) is 4. The number of ether oxygens (including phenoxy) is 1. The summed E-state index contributed by atoms with van der Waals surface area (Å²) in [7, 11) is 0. The highest BCUT2D eigenvalue weighted by Gasteiger charge is 2.26. The van der Waals surface area contributed by atoms with E-state index in [0.29, 0.717) is 5.95 Å². The quantitative estimate of drug-likeness (QED) is 0.186. The molecule has 7 aromatic carbocycles. The second-order valence-electron chi connectivity index (χ2n) is 12.9. The SMILES string of the molecule is c1ccc(-n2c3ccc4c5ccccc5sc4c3c3ccc4c(c5ccccc5n4-c4nc5c6c(cccc6n4)Oc4ccccc4-5)c32)cc1. The molecule has 0 saturated carbocycles. The maximum absolute atomic E-state index is 6.31. The Kier molecular flexibility index (Phi) is 5.06. The first-order valence-electron chi connectivity index (χ1n) is 16.8. The van der Waals surface area contributed by atoms with Crippen molar-refractivity contribution in [1.29, 1.82) is 0 Å². The zero-order valence-electron chi connectivity index (χ0n) is 26.5. The number of thiophene rings is 1. The van der Waals surface area contributed by atoms with Gasteiger partial charge in [-0.05, 0) is 60.7 Å². The third-order valence-electron chi connectivity index (χ3n) is 10.3. The average Bonchev–Trinajstić information content (AvgIpc) is 3.83. The zero-order chi connectivity index (χ0) is 32.5. The molecule has 4 aromatic heterocycles. The number of rotatable bonds is 2. The van der Waals surface area contributed by atoms with Crippen LogP contribution < -0.4 is 4.74 Å². The molecule has 0 aliphatic carbocycles. The van der Waals surface area contributed by atoms with E-state index < -0.39 is 0 Å². The maximum atomic E-state index is 6.31. The van der Waals surface area contributed by atoms with Crippen molar-refractivity contribution in [3.8, 4) is 34.4 Å². The van der Waals surface area contributed by atoms with E-state index >= 15 is 0 Å². The molecule has 1 aliphatic heterocycles. The predicted molar refractivity (Wildman–Crippen MR) is 207 cm³/mol. The Labute approximate surface area is 288 Å². The number of aromatic nitrogens is 4. The Bertz CT molecular complexity index is 3240. The number of benzene rings is 7. The fourth-order valence-electron chi connectivity index (χ4n) is 8.27. The summed E-state index contributed by atoms with van der Waals surface area (Å²) in [6.45, 7) is 0. The predicted octanol–water partition coefficient (Wildman–Crippen LogP) is 12.0. The molecule has 6 heteroatoms. The second kappa shape index (κ2) is 9.56. The maximum Gasteiger partial charge on any atom is 0.235 e. The first-order chi connectivity index (χ1) is 24.8. The lowest BCUT2D eigenvalue weighted by Gasteiger charge is -2.20. The normalized spacial score (nSPS) is 12.6. The van der Waals surface area contributed by atoms with Gasteiger partial charge in [0.1, 0.15) is 11.5 Å². The largest absolute Gasteiger partial charge is 0.456 e. The van der Waals surface area contributed by atoms with Crippen molar-refractivity contribution in [3.63, 3.8) is 0 Å². The lowest BCUT2D eigenvalue weighted by Crippen LogP contribution is -2.06. The first kappa shape index (κ1) is 26.5. The molecule has 0 unspecified atom stereocenters. The number of hydrogen-bond acceptors (Lipinski definition) is 4. The summed E-state index contributed by atoms with van der Waals surface area (Å²) >= 11 is 1.88.